The molecule has 2 N–H and O–H groups in total. The molecule has 1 aliphatic rings. The molecule has 0 unspecified atom stereocenters. The number of aromatic nitrogens is 1. The van der Waals surface area contributed by atoms with E-state index in [9.17, 15) is 18.4 Å². The normalized spacial score (nSPS) is 15.2. The second-order valence-corrected chi connectivity index (χ2v) is 11.7. The summed E-state index contributed by atoms with van der Waals surface area (Å²) in [5, 5.41) is 9.18. The molecule has 0 spiro atoms. The minimum atomic E-state index is -4.07. The van der Waals surface area contributed by atoms with Crippen molar-refractivity contribution >= 4 is 15.7 Å². The summed E-state index contributed by atoms with van der Waals surface area (Å²) in [6.45, 7) is 4.69. The molecule has 9 nitrogen and oxygen atoms in total. The molecular formula is C28H34N2O7S. The smallest absolute Gasteiger partial charge is 0.265 e. The first-order chi connectivity index (χ1) is 18.3. The fourth-order valence-electron chi connectivity index (χ4n) is 4.72. The van der Waals surface area contributed by atoms with Crippen molar-refractivity contribution in [1.82, 2.24) is 10.5 Å². The van der Waals surface area contributed by atoms with Gasteiger partial charge in [0.25, 0.3) is 5.91 Å². The zero-order valence-electron chi connectivity index (χ0n) is 21.7. The number of carbonyl (C=O) groups is 1. The average Bonchev–Trinajstić information content (AvgIpc) is 3.32. The molecule has 2 aromatic carbocycles. The van der Waals surface area contributed by atoms with E-state index in [1.807, 2.05) is 6.92 Å². The highest BCUT2D eigenvalue weighted by Crippen LogP contribution is 2.36. The van der Waals surface area contributed by atoms with E-state index >= 15 is 0 Å². The van der Waals surface area contributed by atoms with Crippen LogP contribution in [0.1, 0.15) is 49.8 Å². The molecule has 2 heterocycles. The number of ether oxygens (including phenoxy) is 2. The minimum Gasteiger partial charge on any atom is -0.494 e. The van der Waals surface area contributed by atoms with Gasteiger partial charge < -0.3 is 13.9 Å². The van der Waals surface area contributed by atoms with Gasteiger partial charge in [-0.15, -0.1) is 0 Å². The predicted molar refractivity (Wildman–Crippen MR) is 141 cm³/mol. The van der Waals surface area contributed by atoms with Gasteiger partial charge in [-0.2, -0.15) is 0 Å². The summed E-state index contributed by atoms with van der Waals surface area (Å²) in [4.78, 5) is 17.0. The van der Waals surface area contributed by atoms with Crippen molar-refractivity contribution in [2.75, 3.05) is 19.8 Å². The SMILES string of the molecule is CCCc1ccc(-c2nc(CCCOc3ccc(S(=O)(=O)C4(C(=O)NO)CCOCC4)cc3)oc2C)cc1. The lowest BCUT2D eigenvalue weighted by Crippen LogP contribution is -2.54. The summed E-state index contributed by atoms with van der Waals surface area (Å²) < 4.78 is 41.8. The maximum Gasteiger partial charge on any atom is 0.265 e. The number of aryl methyl sites for hydroxylation is 3. The van der Waals surface area contributed by atoms with Crippen molar-refractivity contribution in [2.45, 2.75) is 62.0 Å². The molecule has 38 heavy (non-hydrogen) atoms. The molecule has 0 aliphatic carbocycles. The third-order valence-electron chi connectivity index (χ3n) is 6.87. The van der Waals surface area contributed by atoms with Crippen LogP contribution in [-0.2, 0) is 32.2 Å². The van der Waals surface area contributed by atoms with Crippen LogP contribution in [0, 0.1) is 6.92 Å². The van der Waals surface area contributed by atoms with E-state index in [0.717, 1.165) is 29.9 Å². The van der Waals surface area contributed by atoms with E-state index in [0.29, 0.717) is 31.1 Å². The van der Waals surface area contributed by atoms with Crippen molar-refractivity contribution in [2.24, 2.45) is 0 Å². The van der Waals surface area contributed by atoms with Gasteiger partial charge in [0.1, 0.15) is 17.2 Å². The van der Waals surface area contributed by atoms with Crippen molar-refractivity contribution in [3.8, 4) is 17.0 Å². The lowest BCUT2D eigenvalue weighted by atomic mass is 9.98. The predicted octanol–water partition coefficient (Wildman–Crippen LogP) is 4.44. The first-order valence-electron chi connectivity index (χ1n) is 12.9. The lowest BCUT2D eigenvalue weighted by molar-refractivity contribution is -0.134. The molecule has 3 aromatic rings. The Bertz CT molecular complexity index is 1330. The van der Waals surface area contributed by atoms with Crippen LogP contribution in [0.3, 0.4) is 0 Å². The first-order valence-corrected chi connectivity index (χ1v) is 14.3. The van der Waals surface area contributed by atoms with Gasteiger partial charge in [-0.25, -0.2) is 18.9 Å². The van der Waals surface area contributed by atoms with E-state index in [1.165, 1.54) is 23.2 Å². The van der Waals surface area contributed by atoms with E-state index in [1.54, 1.807) is 12.1 Å². The van der Waals surface area contributed by atoms with Gasteiger partial charge in [-0.1, -0.05) is 37.6 Å². The van der Waals surface area contributed by atoms with Gasteiger partial charge in [-0.05, 0) is 62.4 Å². The van der Waals surface area contributed by atoms with Crippen molar-refractivity contribution in [1.29, 1.82) is 0 Å². The first kappa shape index (κ1) is 27.8. The molecule has 0 bridgehead atoms. The number of hydroxylamine groups is 1. The molecule has 4 rings (SSSR count). The number of hydrogen-bond donors (Lipinski definition) is 2. The van der Waals surface area contributed by atoms with Gasteiger partial charge in [0, 0.05) is 25.2 Å². The fraction of sp³-hybridized carbons (Fsp3) is 0.429. The number of benzene rings is 2. The number of amides is 1. The van der Waals surface area contributed by atoms with E-state index in [2.05, 4.69) is 36.2 Å². The summed E-state index contributed by atoms with van der Waals surface area (Å²) in [6.07, 6.45) is 3.35. The molecule has 0 atom stereocenters. The zero-order chi connectivity index (χ0) is 27.2. The van der Waals surface area contributed by atoms with E-state index in [4.69, 9.17) is 13.9 Å². The number of nitrogens with zero attached hydrogens (tertiary/aromatic N) is 1. The number of hydrogen-bond acceptors (Lipinski definition) is 8. The second-order valence-electron chi connectivity index (χ2n) is 9.43. The highest BCUT2D eigenvalue weighted by Gasteiger charge is 2.52. The summed E-state index contributed by atoms with van der Waals surface area (Å²) in [7, 11) is -4.07. The van der Waals surface area contributed by atoms with E-state index < -0.39 is 20.5 Å². The van der Waals surface area contributed by atoms with Gasteiger partial charge in [0.2, 0.25) is 0 Å². The molecule has 1 aliphatic heterocycles. The molecule has 1 amide bonds. The fourth-order valence-corrected chi connectivity index (χ4v) is 6.66. The van der Waals surface area contributed by atoms with E-state index in [-0.39, 0.29) is 31.0 Å². The Labute approximate surface area is 223 Å². The maximum atomic E-state index is 13.3. The minimum absolute atomic E-state index is 0.0131. The Morgan fingerprint density at radius 1 is 1.08 bits per heavy atom. The van der Waals surface area contributed by atoms with Crippen molar-refractivity contribution < 1.29 is 32.3 Å². The molecule has 204 valence electrons. The van der Waals surface area contributed by atoms with Crippen LogP contribution in [0.5, 0.6) is 5.75 Å². The highest BCUT2D eigenvalue weighted by molar-refractivity contribution is 7.93. The number of carbonyl (C=O) groups excluding carboxylic acids is 1. The molecule has 1 saturated heterocycles. The molecule has 1 aromatic heterocycles. The van der Waals surface area contributed by atoms with Crippen LogP contribution in [0.15, 0.2) is 57.8 Å². The number of oxazole rings is 1. The third-order valence-corrected chi connectivity index (χ3v) is 9.39. The summed E-state index contributed by atoms with van der Waals surface area (Å²) in [6, 6.07) is 14.4. The highest BCUT2D eigenvalue weighted by atomic mass is 32.2. The molecule has 0 saturated carbocycles. The lowest BCUT2D eigenvalue weighted by Gasteiger charge is -2.34. The molecule has 10 heteroatoms. The van der Waals surface area contributed by atoms with Crippen molar-refractivity contribution in [3.63, 3.8) is 0 Å². The number of rotatable bonds is 11. The van der Waals surface area contributed by atoms with Gasteiger partial charge >= 0.3 is 0 Å². The van der Waals surface area contributed by atoms with Crippen LogP contribution < -0.4 is 10.2 Å². The van der Waals surface area contributed by atoms with Crippen LogP contribution in [-0.4, -0.2) is 49.1 Å². The Morgan fingerprint density at radius 2 is 1.76 bits per heavy atom. The van der Waals surface area contributed by atoms with Crippen molar-refractivity contribution in [3.05, 3.63) is 65.7 Å². The number of nitrogens with one attached hydrogen (secondary N) is 1. The third kappa shape index (κ3) is 5.77. The van der Waals surface area contributed by atoms with Crippen LogP contribution in [0.4, 0.5) is 0 Å². The maximum absolute atomic E-state index is 13.3. The Morgan fingerprint density at radius 3 is 2.39 bits per heavy atom. The summed E-state index contributed by atoms with van der Waals surface area (Å²) in [5.74, 6) is 0.981. The zero-order valence-corrected chi connectivity index (χ0v) is 22.6. The second kappa shape index (κ2) is 12.1. The standard InChI is InChI=1S/C28H34N2O7S/c1-3-5-21-7-9-22(10-8-21)26-20(2)37-25(29-26)6-4-17-36-23-11-13-24(14-12-23)38(33,34)28(27(31)30-32)15-18-35-19-16-28/h7-14,32H,3-6,15-19H2,1-2H3,(H,30,31). The van der Waals surface area contributed by atoms with Crippen LogP contribution in [0.2, 0.25) is 0 Å². The van der Waals surface area contributed by atoms with Gasteiger partial charge in [0.05, 0.1) is 11.5 Å². The molecule has 0 radical (unpaired) electrons. The summed E-state index contributed by atoms with van der Waals surface area (Å²) >= 11 is 0. The largest absolute Gasteiger partial charge is 0.494 e. The Hall–Kier alpha value is -3.21. The topological polar surface area (TPSA) is 128 Å². The Kier molecular flexibility index (Phi) is 8.86. The molecule has 1 fully saturated rings. The van der Waals surface area contributed by atoms with Crippen LogP contribution in [0.25, 0.3) is 11.3 Å². The number of sulfone groups is 1. The van der Waals surface area contributed by atoms with Crippen LogP contribution >= 0.6 is 0 Å². The Balaban J connectivity index is 1.34. The van der Waals surface area contributed by atoms with Gasteiger partial charge in [0.15, 0.2) is 20.5 Å². The average molecular weight is 543 g/mol. The van der Waals surface area contributed by atoms with Gasteiger partial charge in [-0.3, -0.25) is 10.0 Å². The monoisotopic (exact) mass is 542 g/mol. The summed E-state index contributed by atoms with van der Waals surface area (Å²) in [5.41, 5.74) is 4.70. The quantitative estimate of drug-likeness (QED) is 0.207. The molecular weight excluding hydrogens is 508 g/mol.